The van der Waals surface area contributed by atoms with Crippen LogP contribution in [0.2, 0.25) is 0 Å². The number of anilines is 1. The minimum Gasteiger partial charge on any atom is -0.454 e. The number of carbonyl (C=O) groups excluding carboxylic acids is 1. The molecule has 2 aromatic carbocycles. The second kappa shape index (κ2) is 7.67. The van der Waals surface area contributed by atoms with Crippen LogP contribution >= 0.6 is 15.9 Å². The molecule has 0 saturated heterocycles. The Morgan fingerprint density at radius 3 is 2.76 bits per heavy atom. The molecule has 4 rings (SSSR count). The van der Waals surface area contributed by atoms with Gasteiger partial charge < -0.3 is 14.8 Å². The van der Waals surface area contributed by atoms with Crippen molar-refractivity contribution in [2.75, 3.05) is 12.1 Å². The van der Waals surface area contributed by atoms with Gasteiger partial charge in [-0.05, 0) is 49.4 Å². The SMILES string of the molecule is CC(C(=O)Nc1ccc(Br)cc1F)n1nc(-c2ccc3c(c2)OCO3)ccc1=O. The van der Waals surface area contributed by atoms with E-state index in [1.807, 2.05) is 0 Å². The number of nitrogens with one attached hydrogen (secondary N) is 1. The Hall–Kier alpha value is -3.20. The van der Waals surface area contributed by atoms with Crippen molar-refractivity contribution in [3.05, 3.63) is 69.2 Å². The Kier molecular flexibility index (Phi) is 5.06. The molecule has 0 radical (unpaired) electrons. The van der Waals surface area contributed by atoms with Crippen molar-refractivity contribution in [3.8, 4) is 22.8 Å². The maximum Gasteiger partial charge on any atom is 0.267 e. The second-order valence-electron chi connectivity index (χ2n) is 6.36. The van der Waals surface area contributed by atoms with Crippen molar-refractivity contribution < 1.29 is 18.7 Å². The highest BCUT2D eigenvalue weighted by Gasteiger charge is 2.20. The van der Waals surface area contributed by atoms with Crippen LogP contribution in [0.4, 0.5) is 10.1 Å². The fraction of sp³-hybridized carbons (Fsp3) is 0.150. The van der Waals surface area contributed by atoms with Gasteiger partial charge in [0, 0.05) is 16.1 Å². The van der Waals surface area contributed by atoms with E-state index in [0.717, 1.165) is 4.68 Å². The van der Waals surface area contributed by atoms with Crippen LogP contribution in [0.15, 0.2) is 57.8 Å². The van der Waals surface area contributed by atoms with E-state index in [0.29, 0.717) is 27.2 Å². The molecule has 9 heteroatoms. The molecular weight excluding hydrogens is 445 g/mol. The van der Waals surface area contributed by atoms with Crippen molar-refractivity contribution in [1.82, 2.24) is 9.78 Å². The van der Waals surface area contributed by atoms with Crippen molar-refractivity contribution in [2.24, 2.45) is 0 Å². The van der Waals surface area contributed by atoms with Gasteiger partial charge in [-0.2, -0.15) is 5.10 Å². The number of ether oxygens (including phenoxy) is 2. The summed E-state index contributed by atoms with van der Waals surface area (Å²) in [7, 11) is 0. The highest BCUT2D eigenvalue weighted by atomic mass is 79.9. The van der Waals surface area contributed by atoms with E-state index in [-0.39, 0.29) is 12.5 Å². The molecule has 0 saturated carbocycles. The molecule has 0 spiro atoms. The maximum atomic E-state index is 14.0. The average Bonchev–Trinajstić information content (AvgIpc) is 3.17. The summed E-state index contributed by atoms with van der Waals surface area (Å²) in [4.78, 5) is 24.9. The summed E-state index contributed by atoms with van der Waals surface area (Å²) in [6, 6.07) is 11.5. The van der Waals surface area contributed by atoms with Gasteiger partial charge in [-0.1, -0.05) is 15.9 Å². The van der Waals surface area contributed by atoms with Crippen LogP contribution in [0.5, 0.6) is 11.5 Å². The van der Waals surface area contributed by atoms with Gasteiger partial charge in [-0.3, -0.25) is 9.59 Å². The fourth-order valence-electron chi connectivity index (χ4n) is 2.85. The van der Waals surface area contributed by atoms with Gasteiger partial charge >= 0.3 is 0 Å². The summed E-state index contributed by atoms with van der Waals surface area (Å²) < 4.78 is 26.3. The van der Waals surface area contributed by atoms with Crippen LogP contribution < -0.4 is 20.3 Å². The van der Waals surface area contributed by atoms with Crippen molar-refractivity contribution in [1.29, 1.82) is 0 Å². The zero-order valence-corrected chi connectivity index (χ0v) is 16.8. The van der Waals surface area contributed by atoms with Crippen molar-refractivity contribution in [2.45, 2.75) is 13.0 Å². The second-order valence-corrected chi connectivity index (χ2v) is 7.27. The lowest BCUT2D eigenvalue weighted by molar-refractivity contribution is -0.119. The smallest absolute Gasteiger partial charge is 0.267 e. The molecule has 0 bridgehead atoms. The molecule has 1 aliphatic heterocycles. The summed E-state index contributed by atoms with van der Waals surface area (Å²) in [5.74, 6) is 0.0582. The number of benzene rings is 2. The van der Waals surface area contributed by atoms with Gasteiger partial charge in [0.1, 0.15) is 11.9 Å². The molecule has 148 valence electrons. The summed E-state index contributed by atoms with van der Waals surface area (Å²) >= 11 is 3.16. The minimum atomic E-state index is -0.959. The van der Waals surface area contributed by atoms with E-state index in [2.05, 4.69) is 26.3 Å². The Morgan fingerprint density at radius 2 is 1.97 bits per heavy atom. The van der Waals surface area contributed by atoms with E-state index in [9.17, 15) is 14.0 Å². The fourth-order valence-corrected chi connectivity index (χ4v) is 3.18. The van der Waals surface area contributed by atoms with E-state index in [1.165, 1.54) is 25.1 Å². The number of hydrogen-bond donors (Lipinski definition) is 1. The monoisotopic (exact) mass is 459 g/mol. The number of fused-ring (bicyclic) bond motifs is 1. The molecule has 1 N–H and O–H groups in total. The first-order valence-electron chi connectivity index (χ1n) is 8.68. The molecule has 1 aliphatic rings. The van der Waals surface area contributed by atoms with E-state index < -0.39 is 23.3 Å². The molecule has 0 aliphatic carbocycles. The number of carbonyl (C=O) groups is 1. The van der Waals surface area contributed by atoms with Crippen LogP contribution in [-0.2, 0) is 4.79 Å². The zero-order valence-electron chi connectivity index (χ0n) is 15.2. The van der Waals surface area contributed by atoms with Gasteiger partial charge in [0.15, 0.2) is 11.5 Å². The Bertz CT molecular complexity index is 1160. The van der Waals surface area contributed by atoms with E-state index in [4.69, 9.17) is 9.47 Å². The standard InChI is InChI=1S/C20H15BrFN3O4/c1-11(20(27)23-16-4-3-13(21)9-14(16)22)25-19(26)7-5-15(24-25)12-2-6-17-18(8-12)29-10-28-17/h2-9,11H,10H2,1H3,(H,23,27). The third kappa shape index (κ3) is 3.86. The first-order chi connectivity index (χ1) is 13.9. The average molecular weight is 460 g/mol. The van der Waals surface area contributed by atoms with Gasteiger partial charge in [-0.25, -0.2) is 9.07 Å². The Morgan fingerprint density at radius 1 is 1.17 bits per heavy atom. The van der Waals surface area contributed by atoms with Gasteiger partial charge in [0.2, 0.25) is 12.7 Å². The van der Waals surface area contributed by atoms with Gasteiger partial charge in [0.05, 0.1) is 11.4 Å². The van der Waals surface area contributed by atoms with Crippen LogP contribution in [0.3, 0.4) is 0 Å². The molecule has 0 fully saturated rings. The van der Waals surface area contributed by atoms with Crippen molar-refractivity contribution >= 4 is 27.5 Å². The topological polar surface area (TPSA) is 82.5 Å². The predicted octanol–water partition coefficient (Wildman–Crippen LogP) is 3.74. The summed E-state index contributed by atoms with van der Waals surface area (Å²) in [6.45, 7) is 1.67. The number of hydrogen-bond acceptors (Lipinski definition) is 5. The number of nitrogens with zero attached hydrogens (tertiary/aromatic N) is 2. The quantitative estimate of drug-likeness (QED) is 0.642. The Labute approximate surface area is 173 Å². The molecule has 29 heavy (non-hydrogen) atoms. The molecule has 7 nitrogen and oxygen atoms in total. The predicted molar refractivity (Wildman–Crippen MR) is 107 cm³/mol. The van der Waals surface area contributed by atoms with Crippen molar-refractivity contribution in [3.63, 3.8) is 0 Å². The maximum absolute atomic E-state index is 14.0. The summed E-state index contributed by atoms with van der Waals surface area (Å²) in [5, 5.41) is 6.80. The summed E-state index contributed by atoms with van der Waals surface area (Å²) in [5.41, 5.74) is 0.755. The molecule has 3 aromatic rings. The molecule has 1 unspecified atom stereocenters. The zero-order chi connectivity index (χ0) is 20.5. The van der Waals surface area contributed by atoms with Crippen LogP contribution in [0.25, 0.3) is 11.3 Å². The van der Waals surface area contributed by atoms with Crippen LogP contribution in [0.1, 0.15) is 13.0 Å². The van der Waals surface area contributed by atoms with E-state index in [1.54, 1.807) is 30.3 Å². The largest absolute Gasteiger partial charge is 0.454 e. The van der Waals surface area contributed by atoms with Crippen LogP contribution in [-0.4, -0.2) is 22.5 Å². The third-order valence-corrected chi connectivity index (χ3v) is 4.92. The van der Waals surface area contributed by atoms with Gasteiger partial charge in [-0.15, -0.1) is 0 Å². The number of amides is 1. The van der Waals surface area contributed by atoms with E-state index >= 15 is 0 Å². The highest BCUT2D eigenvalue weighted by Crippen LogP contribution is 2.35. The molecule has 1 aromatic heterocycles. The van der Waals surface area contributed by atoms with Crippen LogP contribution in [0, 0.1) is 5.82 Å². The number of aromatic nitrogens is 2. The summed E-state index contributed by atoms with van der Waals surface area (Å²) in [6.07, 6.45) is 0. The number of halogens is 2. The lowest BCUT2D eigenvalue weighted by Gasteiger charge is -2.15. The Balaban J connectivity index is 1.61. The molecule has 2 heterocycles. The minimum absolute atomic E-state index is 0.0185. The molecule has 1 amide bonds. The lowest BCUT2D eigenvalue weighted by Crippen LogP contribution is -2.33. The molecule has 1 atom stereocenters. The highest BCUT2D eigenvalue weighted by molar-refractivity contribution is 9.10. The molecular formula is C20H15BrFN3O4. The number of rotatable bonds is 4. The first-order valence-corrected chi connectivity index (χ1v) is 9.47. The lowest BCUT2D eigenvalue weighted by atomic mass is 10.1. The first kappa shape index (κ1) is 19.1. The third-order valence-electron chi connectivity index (χ3n) is 4.43. The normalized spacial score (nSPS) is 13.2. The van der Waals surface area contributed by atoms with Gasteiger partial charge in [0.25, 0.3) is 5.56 Å².